The van der Waals surface area contributed by atoms with E-state index in [1.807, 2.05) is 0 Å². The zero-order valence-corrected chi connectivity index (χ0v) is 15.9. The average Bonchev–Trinajstić information content (AvgIpc) is 2.68. The molecule has 134 valence electrons. The van der Waals surface area contributed by atoms with Crippen molar-refractivity contribution in [2.45, 2.75) is 38.6 Å². The van der Waals surface area contributed by atoms with Gasteiger partial charge in [-0.2, -0.15) is 0 Å². The van der Waals surface area contributed by atoms with Gasteiger partial charge < -0.3 is 5.32 Å². The van der Waals surface area contributed by atoms with Crippen molar-refractivity contribution in [1.29, 1.82) is 0 Å². The van der Waals surface area contributed by atoms with Crippen LogP contribution in [0.15, 0.2) is 84.9 Å². The van der Waals surface area contributed by atoms with Crippen molar-refractivity contribution < 1.29 is 0 Å². The maximum Gasteiger partial charge on any atom is 0.0104 e. The first-order valence-corrected chi connectivity index (χ1v) is 9.62. The summed E-state index contributed by atoms with van der Waals surface area (Å²) in [6, 6.07) is 30.9. The zero-order chi connectivity index (χ0) is 18.2. The molecule has 0 saturated carbocycles. The Hall–Kier alpha value is -2.38. The lowest BCUT2D eigenvalue weighted by Gasteiger charge is -2.22. The van der Waals surface area contributed by atoms with Crippen molar-refractivity contribution in [3.05, 3.63) is 107 Å². The zero-order valence-electron chi connectivity index (χ0n) is 15.9. The second-order valence-electron chi connectivity index (χ2n) is 7.15. The molecule has 0 spiro atoms. The molecule has 2 unspecified atom stereocenters. The van der Waals surface area contributed by atoms with Gasteiger partial charge >= 0.3 is 0 Å². The maximum atomic E-state index is 3.72. The minimum absolute atomic E-state index is 0.439. The normalized spacial score (nSPS) is 13.3. The highest BCUT2D eigenvalue weighted by Gasteiger charge is 2.16. The van der Waals surface area contributed by atoms with Crippen LogP contribution in [0.4, 0.5) is 0 Å². The summed E-state index contributed by atoms with van der Waals surface area (Å²) in [5, 5.41) is 3.72. The standard InChI is InChI=1S/C25H29N/c1-20-11-9-10-16-24(20)25(23-14-7-4-8-15-23)17-18-26-21(2)19-22-12-5-3-6-13-22/h3-16,21,25-26H,17-19H2,1-2H3. The van der Waals surface area contributed by atoms with E-state index in [1.165, 1.54) is 22.3 Å². The fourth-order valence-corrected chi connectivity index (χ4v) is 3.68. The van der Waals surface area contributed by atoms with Crippen LogP contribution in [0.5, 0.6) is 0 Å². The minimum Gasteiger partial charge on any atom is -0.314 e. The van der Waals surface area contributed by atoms with Gasteiger partial charge in [-0.1, -0.05) is 84.9 Å². The molecule has 3 aromatic carbocycles. The molecule has 3 rings (SSSR count). The van der Waals surface area contributed by atoms with Crippen LogP contribution in [0, 0.1) is 6.92 Å². The van der Waals surface area contributed by atoms with Crippen LogP contribution in [0.3, 0.4) is 0 Å². The number of hydrogen-bond donors (Lipinski definition) is 1. The van der Waals surface area contributed by atoms with Gasteiger partial charge in [-0.3, -0.25) is 0 Å². The lowest BCUT2D eigenvalue weighted by atomic mass is 9.86. The summed E-state index contributed by atoms with van der Waals surface area (Å²) in [4.78, 5) is 0. The Kier molecular flexibility index (Phi) is 6.62. The highest BCUT2D eigenvalue weighted by Crippen LogP contribution is 2.29. The number of hydrogen-bond acceptors (Lipinski definition) is 1. The molecule has 1 nitrogen and oxygen atoms in total. The third kappa shape index (κ3) is 5.06. The van der Waals surface area contributed by atoms with Crippen LogP contribution >= 0.6 is 0 Å². The molecule has 0 aromatic heterocycles. The number of benzene rings is 3. The van der Waals surface area contributed by atoms with Gasteiger partial charge in [0.15, 0.2) is 0 Å². The second-order valence-corrected chi connectivity index (χ2v) is 7.15. The molecule has 0 amide bonds. The highest BCUT2D eigenvalue weighted by atomic mass is 14.9. The first-order valence-electron chi connectivity index (χ1n) is 9.62. The van der Waals surface area contributed by atoms with Gasteiger partial charge in [0.1, 0.15) is 0 Å². The van der Waals surface area contributed by atoms with E-state index in [0.29, 0.717) is 12.0 Å². The molecular weight excluding hydrogens is 314 g/mol. The van der Waals surface area contributed by atoms with E-state index in [9.17, 15) is 0 Å². The summed E-state index contributed by atoms with van der Waals surface area (Å²) in [5.74, 6) is 0.439. The Morgan fingerprint density at radius 3 is 2.08 bits per heavy atom. The van der Waals surface area contributed by atoms with Crippen molar-refractivity contribution in [2.75, 3.05) is 6.54 Å². The molecule has 0 fully saturated rings. The molecule has 1 N–H and O–H groups in total. The third-order valence-corrected chi connectivity index (χ3v) is 5.08. The molecule has 1 heteroatoms. The maximum absolute atomic E-state index is 3.72. The predicted octanol–water partition coefficient (Wildman–Crippen LogP) is 5.74. The molecule has 3 aromatic rings. The van der Waals surface area contributed by atoms with Crippen molar-refractivity contribution in [3.8, 4) is 0 Å². The first kappa shape index (κ1) is 18.4. The Labute approximate surface area is 158 Å². The quantitative estimate of drug-likeness (QED) is 0.550. The Morgan fingerprint density at radius 2 is 1.38 bits per heavy atom. The van der Waals surface area contributed by atoms with Gasteiger partial charge in [0.2, 0.25) is 0 Å². The number of aryl methyl sites for hydroxylation is 1. The molecule has 0 saturated heterocycles. The van der Waals surface area contributed by atoms with Crippen LogP contribution in [0.2, 0.25) is 0 Å². The van der Waals surface area contributed by atoms with E-state index in [4.69, 9.17) is 0 Å². The first-order chi connectivity index (χ1) is 12.7. The molecule has 0 aliphatic carbocycles. The van der Waals surface area contributed by atoms with E-state index in [2.05, 4.69) is 104 Å². The summed E-state index contributed by atoms with van der Waals surface area (Å²) < 4.78 is 0. The molecule has 0 heterocycles. The van der Waals surface area contributed by atoms with Crippen LogP contribution in [0.1, 0.15) is 41.5 Å². The SMILES string of the molecule is Cc1ccccc1C(CCNC(C)Cc1ccccc1)c1ccccc1. The summed E-state index contributed by atoms with van der Waals surface area (Å²) in [5.41, 5.74) is 5.61. The fourth-order valence-electron chi connectivity index (χ4n) is 3.68. The number of nitrogens with one attached hydrogen (secondary N) is 1. The van der Waals surface area contributed by atoms with Gasteiger partial charge in [0.05, 0.1) is 0 Å². The summed E-state index contributed by atoms with van der Waals surface area (Å²) >= 11 is 0. The van der Waals surface area contributed by atoms with Gasteiger partial charge in [-0.25, -0.2) is 0 Å². The van der Waals surface area contributed by atoms with Crippen molar-refractivity contribution >= 4 is 0 Å². The number of rotatable bonds is 8. The van der Waals surface area contributed by atoms with E-state index in [0.717, 1.165) is 19.4 Å². The smallest absolute Gasteiger partial charge is 0.0104 e. The highest BCUT2D eigenvalue weighted by molar-refractivity contribution is 5.37. The molecule has 0 radical (unpaired) electrons. The van der Waals surface area contributed by atoms with E-state index in [1.54, 1.807) is 0 Å². The van der Waals surface area contributed by atoms with Crippen molar-refractivity contribution in [1.82, 2.24) is 5.32 Å². The third-order valence-electron chi connectivity index (χ3n) is 5.08. The molecular formula is C25H29N. The van der Waals surface area contributed by atoms with Crippen LogP contribution in [-0.4, -0.2) is 12.6 Å². The molecule has 0 aliphatic heterocycles. The van der Waals surface area contributed by atoms with Gasteiger partial charge in [-0.15, -0.1) is 0 Å². The minimum atomic E-state index is 0.439. The van der Waals surface area contributed by atoms with Gasteiger partial charge in [-0.05, 0) is 55.5 Å². The monoisotopic (exact) mass is 343 g/mol. The lowest BCUT2D eigenvalue weighted by molar-refractivity contribution is 0.519. The summed E-state index contributed by atoms with van der Waals surface area (Å²) in [6.07, 6.45) is 2.18. The van der Waals surface area contributed by atoms with Gasteiger partial charge in [0, 0.05) is 12.0 Å². The molecule has 0 aliphatic rings. The van der Waals surface area contributed by atoms with Crippen LogP contribution in [0.25, 0.3) is 0 Å². The Balaban J connectivity index is 1.64. The Morgan fingerprint density at radius 1 is 0.769 bits per heavy atom. The average molecular weight is 344 g/mol. The topological polar surface area (TPSA) is 12.0 Å². The lowest BCUT2D eigenvalue weighted by Crippen LogP contribution is -2.30. The Bertz CT molecular complexity index is 780. The van der Waals surface area contributed by atoms with Crippen molar-refractivity contribution in [2.24, 2.45) is 0 Å². The summed E-state index contributed by atoms with van der Waals surface area (Å²) in [6.45, 7) is 5.51. The summed E-state index contributed by atoms with van der Waals surface area (Å²) in [7, 11) is 0. The molecule has 0 bridgehead atoms. The largest absolute Gasteiger partial charge is 0.314 e. The fraction of sp³-hybridized carbons (Fsp3) is 0.280. The second kappa shape index (κ2) is 9.35. The predicted molar refractivity (Wildman–Crippen MR) is 112 cm³/mol. The van der Waals surface area contributed by atoms with E-state index < -0.39 is 0 Å². The van der Waals surface area contributed by atoms with Crippen LogP contribution < -0.4 is 5.32 Å². The van der Waals surface area contributed by atoms with E-state index >= 15 is 0 Å². The van der Waals surface area contributed by atoms with E-state index in [-0.39, 0.29) is 0 Å². The molecule has 26 heavy (non-hydrogen) atoms. The van der Waals surface area contributed by atoms with Crippen LogP contribution in [-0.2, 0) is 6.42 Å². The van der Waals surface area contributed by atoms with Crippen molar-refractivity contribution in [3.63, 3.8) is 0 Å². The molecule has 2 atom stereocenters. The van der Waals surface area contributed by atoms with Gasteiger partial charge in [0.25, 0.3) is 0 Å².